The zero-order chi connectivity index (χ0) is 14.1. The van der Waals surface area contributed by atoms with E-state index in [0.29, 0.717) is 29.0 Å². The molecule has 5 nitrogen and oxygen atoms in total. The largest absolute Gasteiger partial charge is 0.485 e. The highest BCUT2D eigenvalue weighted by Gasteiger charge is 2.09. The Bertz CT molecular complexity index is 748. The Morgan fingerprint density at radius 2 is 2.20 bits per heavy atom. The summed E-state index contributed by atoms with van der Waals surface area (Å²) in [6, 6.07) is 6.56. The highest BCUT2D eigenvalue weighted by Crippen LogP contribution is 2.25. The van der Waals surface area contributed by atoms with Crippen LogP contribution in [0.15, 0.2) is 28.8 Å². The molecule has 20 heavy (non-hydrogen) atoms. The second-order valence-electron chi connectivity index (χ2n) is 4.59. The summed E-state index contributed by atoms with van der Waals surface area (Å²) in [4.78, 5) is 3.05. The summed E-state index contributed by atoms with van der Waals surface area (Å²) in [6.45, 7) is 2.36. The second-order valence-corrected chi connectivity index (χ2v) is 4.59. The van der Waals surface area contributed by atoms with Gasteiger partial charge in [-0.2, -0.15) is 0 Å². The molecule has 0 amide bonds. The number of halogens is 1. The Labute approximate surface area is 114 Å². The Balaban J connectivity index is 1.84. The fourth-order valence-electron chi connectivity index (χ4n) is 2.06. The van der Waals surface area contributed by atoms with Crippen molar-refractivity contribution in [2.75, 3.05) is 0 Å². The maximum absolute atomic E-state index is 13.9. The van der Waals surface area contributed by atoms with Crippen molar-refractivity contribution >= 4 is 10.9 Å². The van der Waals surface area contributed by atoms with Crippen LogP contribution in [0.2, 0.25) is 0 Å². The van der Waals surface area contributed by atoms with Gasteiger partial charge in [-0.25, -0.2) is 4.39 Å². The van der Waals surface area contributed by atoms with Crippen molar-refractivity contribution in [2.24, 2.45) is 5.73 Å². The van der Waals surface area contributed by atoms with Gasteiger partial charge >= 0.3 is 0 Å². The van der Waals surface area contributed by atoms with Crippen molar-refractivity contribution < 1.29 is 13.7 Å². The molecule has 0 fully saturated rings. The van der Waals surface area contributed by atoms with E-state index in [1.54, 1.807) is 18.2 Å². The number of aryl methyl sites for hydroxylation is 1. The first-order chi connectivity index (χ1) is 9.65. The molecule has 0 atom stereocenters. The zero-order valence-corrected chi connectivity index (χ0v) is 10.9. The number of hydrogen-bond donors (Lipinski definition) is 2. The lowest BCUT2D eigenvalue weighted by Crippen LogP contribution is -1.95. The molecule has 0 bridgehead atoms. The molecule has 0 saturated carbocycles. The van der Waals surface area contributed by atoms with Gasteiger partial charge in [0.25, 0.3) is 0 Å². The van der Waals surface area contributed by atoms with Crippen LogP contribution in [0.4, 0.5) is 4.39 Å². The number of ether oxygens (including phenoxy) is 1. The Morgan fingerprint density at radius 3 is 2.90 bits per heavy atom. The van der Waals surface area contributed by atoms with Crippen molar-refractivity contribution in [2.45, 2.75) is 20.1 Å². The molecule has 2 heterocycles. The molecule has 2 aromatic heterocycles. The molecule has 3 aromatic rings. The van der Waals surface area contributed by atoms with Crippen LogP contribution in [0.5, 0.6) is 5.75 Å². The molecule has 1 aromatic carbocycles. The van der Waals surface area contributed by atoms with Crippen molar-refractivity contribution in [1.82, 2.24) is 10.1 Å². The number of nitrogens with one attached hydrogen (secondary N) is 1. The maximum atomic E-state index is 13.9. The normalized spacial score (nSPS) is 11.2. The molecule has 3 N–H and O–H groups in total. The molecular weight excluding hydrogens is 261 g/mol. The molecule has 0 radical (unpaired) electrons. The van der Waals surface area contributed by atoms with E-state index in [1.165, 1.54) is 6.07 Å². The van der Waals surface area contributed by atoms with Crippen LogP contribution in [0.25, 0.3) is 10.9 Å². The quantitative estimate of drug-likeness (QED) is 0.767. The minimum absolute atomic E-state index is 0.205. The van der Waals surface area contributed by atoms with E-state index in [2.05, 4.69) is 10.1 Å². The number of aromatic amines is 1. The predicted molar refractivity (Wildman–Crippen MR) is 71.7 cm³/mol. The molecule has 6 heteroatoms. The van der Waals surface area contributed by atoms with E-state index in [9.17, 15) is 4.39 Å². The Hall–Kier alpha value is -2.34. The number of benzene rings is 1. The highest BCUT2D eigenvalue weighted by molar-refractivity contribution is 5.82. The number of aromatic nitrogens is 2. The van der Waals surface area contributed by atoms with Crippen LogP contribution in [-0.2, 0) is 13.2 Å². The van der Waals surface area contributed by atoms with Gasteiger partial charge in [0.15, 0.2) is 5.76 Å². The molecule has 0 aliphatic heterocycles. The summed E-state index contributed by atoms with van der Waals surface area (Å²) in [6.07, 6.45) is 0. The summed E-state index contributed by atoms with van der Waals surface area (Å²) in [5.41, 5.74) is 7.76. The Morgan fingerprint density at radius 1 is 1.35 bits per heavy atom. The second kappa shape index (κ2) is 4.97. The SMILES string of the molecule is Cc1cc(COc2cc(F)c3cc(CN)[nH]c3c2)on1. The predicted octanol–water partition coefficient (Wildman–Crippen LogP) is 2.64. The monoisotopic (exact) mass is 275 g/mol. The van der Waals surface area contributed by atoms with E-state index in [-0.39, 0.29) is 12.4 Å². The molecule has 104 valence electrons. The van der Waals surface area contributed by atoms with Crippen LogP contribution in [0.1, 0.15) is 17.1 Å². The lowest BCUT2D eigenvalue weighted by atomic mass is 10.2. The molecule has 0 unspecified atom stereocenters. The molecule has 0 spiro atoms. The standard InChI is InChI=1S/C14H14FN3O2/c1-8-2-11(20-18-8)7-19-10-4-13(15)12-3-9(6-16)17-14(12)5-10/h2-5,17H,6-7,16H2,1H3. The molecule has 3 rings (SSSR count). The van der Waals surface area contributed by atoms with Crippen molar-refractivity contribution in [3.8, 4) is 5.75 Å². The van der Waals surface area contributed by atoms with Crippen LogP contribution < -0.4 is 10.5 Å². The third-order valence-corrected chi connectivity index (χ3v) is 2.99. The third-order valence-electron chi connectivity index (χ3n) is 2.99. The number of fused-ring (bicyclic) bond motifs is 1. The van der Waals surface area contributed by atoms with Crippen LogP contribution in [0.3, 0.4) is 0 Å². The van der Waals surface area contributed by atoms with Crippen molar-refractivity contribution in [1.29, 1.82) is 0 Å². The van der Waals surface area contributed by atoms with E-state index in [0.717, 1.165) is 11.4 Å². The van der Waals surface area contributed by atoms with Gasteiger partial charge in [-0.15, -0.1) is 0 Å². The van der Waals surface area contributed by atoms with Gasteiger partial charge in [0.1, 0.15) is 18.2 Å². The lowest BCUT2D eigenvalue weighted by molar-refractivity contribution is 0.248. The number of nitrogens with two attached hydrogens (primary N) is 1. The maximum Gasteiger partial charge on any atom is 0.174 e. The smallest absolute Gasteiger partial charge is 0.174 e. The summed E-state index contributed by atoms with van der Waals surface area (Å²) in [5, 5.41) is 4.27. The first-order valence-corrected chi connectivity index (χ1v) is 6.22. The molecule has 0 aliphatic rings. The molecular formula is C14H14FN3O2. The number of H-pyrrole nitrogens is 1. The van der Waals surface area contributed by atoms with E-state index in [1.807, 2.05) is 6.92 Å². The summed E-state index contributed by atoms with van der Waals surface area (Å²) in [7, 11) is 0. The van der Waals surface area contributed by atoms with Crippen LogP contribution in [-0.4, -0.2) is 10.1 Å². The molecule has 0 saturated heterocycles. The summed E-state index contributed by atoms with van der Waals surface area (Å²) in [5.74, 6) is 0.675. The third kappa shape index (κ3) is 2.37. The van der Waals surface area contributed by atoms with Gasteiger partial charge in [0, 0.05) is 35.8 Å². The average Bonchev–Trinajstić information content (AvgIpc) is 3.02. The number of nitrogens with zero attached hydrogens (tertiary/aromatic N) is 1. The topological polar surface area (TPSA) is 77.1 Å². The number of rotatable bonds is 4. The molecule has 0 aliphatic carbocycles. The first-order valence-electron chi connectivity index (χ1n) is 6.22. The van der Waals surface area contributed by atoms with E-state index in [4.69, 9.17) is 15.0 Å². The minimum atomic E-state index is -0.345. The van der Waals surface area contributed by atoms with Crippen molar-refractivity contribution in [3.63, 3.8) is 0 Å². The number of hydrogen-bond acceptors (Lipinski definition) is 4. The van der Waals surface area contributed by atoms with Crippen molar-refractivity contribution in [3.05, 3.63) is 47.2 Å². The van der Waals surface area contributed by atoms with Gasteiger partial charge in [-0.1, -0.05) is 5.16 Å². The van der Waals surface area contributed by atoms with Crippen LogP contribution in [0, 0.1) is 12.7 Å². The van der Waals surface area contributed by atoms with Gasteiger partial charge in [-0.3, -0.25) is 0 Å². The van der Waals surface area contributed by atoms with Crippen LogP contribution >= 0.6 is 0 Å². The first kappa shape index (κ1) is 12.7. The highest BCUT2D eigenvalue weighted by atomic mass is 19.1. The lowest BCUT2D eigenvalue weighted by Gasteiger charge is -2.04. The zero-order valence-electron chi connectivity index (χ0n) is 10.9. The summed E-state index contributed by atoms with van der Waals surface area (Å²) < 4.78 is 24.5. The van der Waals surface area contributed by atoms with E-state index < -0.39 is 0 Å². The average molecular weight is 275 g/mol. The van der Waals surface area contributed by atoms with Gasteiger partial charge in [0.2, 0.25) is 0 Å². The Kier molecular flexibility index (Phi) is 3.15. The van der Waals surface area contributed by atoms with Gasteiger partial charge in [-0.05, 0) is 13.0 Å². The summed E-state index contributed by atoms with van der Waals surface area (Å²) >= 11 is 0. The van der Waals surface area contributed by atoms with Gasteiger partial charge < -0.3 is 20.0 Å². The fraction of sp³-hybridized carbons (Fsp3) is 0.214. The van der Waals surface area contributed by atoms with E-state index >= 15 is 0 Å². The fourth-order valence-corrected chi connectivity index (χ4v) is 2.06. The van der Waals surface area contributed by atoms with Gasteiger partial charge in [0.05, 0.1) is 11.2 Å². The minimum Gasteiger partial charge on any atom is -0.485 e.